The third-order valence-corrected chi connectivity index (χ3v) is 3.44. The average Bonchev–Trinajstić information content (AvgIpc) is 2.35. The summed E-state index contributed by atoms with van der Waals surface area (Å²) in [5, 5.41) is 10.3. The van der Waals surface area contributed by atoms with Crippen LogP contribution in [-0.2, 0) is 0 Å². The fourth-order valence-corrected chi connectivity index (χ4v) is 2.17. The standard InChI is InChI=1S/C15H32NO/c1-3-4-5-6-7-8-9-10-11-12-13-14-15(2)16-17/h15-16H,3-14H2,1-2H3/q-1. The van der Waals surface area contributed by atoms with E-state index in [0.717, 1.165) is 6.42 Å². The molecule has 1 atom stereocenters. The van der Waals surface area contributed by atoms with Crippen molar-refractivity contribution in [2.75, 3.05) is 0 Å². The molecule has 2 heteroatoms. The van der Waals surface area contributed by atoms with E-state index in [4.69, 9.17) is 0 Å². The van der Waals surface area contributed by atoms with E-state index in [1.165, 1.54) is 70.6 Å². The Morgan fingerprint density at radius 1 is 0.765 bits per heavy atom. The van der Waals surface area contributed by atoms with E-state index in [1.54, 1.807) is 0 Å². The van der Waals surface area contributed by atoms with Crippen molar-refractivity contribution in [1.82, 2.24) is 5.48 Å². The Kier molecular flexibility index (Phi) is 13.9. The summed E-state index contributed by atoms with van der Waals surface area (Å²) in [6, 6.07) is 0.147. The van der Waals surface area contributed by atoms with E-state index >= 15 is 0 Å². The van der Waals surface area contributed by atoms with Crippen LogP contribution < -0.4 is 5.48 Å². The van der Waals surface area contributed by atoms with Gasteiger partial charge in [-0.1, -0.05) is 84.5 Å². The van der Waals surface area contributed by atoms with Crippen LogP contribution >= 0.6 is 0 Å². The number of hydrogen-bond donors (Lipinski definition) is 1. The second-order valence-corrected chi connectivity index (χ2v) is 5.34. The number of hydrogen-bond acceptors (Lipinski definition) is 2. The molecule has 0 saturated heterocycles. The van der Waals surface area contributed by atoms with Crippen LogP contribution in [-0.4, -0.2) is 6.04 Å². The highest BCUT2D eigenvalue weighted by atomic mass is 16.5. The van der Waals surface area contributed by atoms with E-state index in [9.17, 15) is 5.21 Å². The molecule has 1 N–H and O–H groups in total. The molecule has 104 valence electrons. The number of unbranched alkanes of at least 4 members (excludes halogenated alkanes) is 10. The minimum atomic E-state index is 0.147. The summed E-state index contributed by atoms with van der Waals surface area (Å²) in [6.07, 6.45) is 16.1. The molecule has 0 fully saturated rings. The molecule has 0 heterocycles. The third-order valence-electron chi connectivity index (χ3n) is 3.44. The van der Waals surface area contributed by atoms with Crippen LogP contribution in [0.5, 0.6) is 0 Å². The van der Waals surface area contributed by atoms with Crippen LogP contribution in [0.15, 0.2) is 0 Å². The summed E-state index contributed by atoms with van der Waals surface area (Å²) >= 11 is 0. The van der Waals surface area contributed by atoms with Crippen molar-refractivity contribution >= 4 is 0 Å². The zero-order chi connectivity index (χ0) is 12.8. The lowest BCUT2D eigenvalue weighted by atomic mass is 10.0. The van der Waals surface area contributed by atoms with Crippen LogP contribution in [0.4, 0.5) is 0 Å². The monoisotopic (exact) mass is 242 g/mol. The van der Waals surface area contributed by atoms with Crippen molar-refractivity contribution in [1.29, 1.82) is 0 Å². The molecule has 0 rings (SSSR count). The summed E-state index contributed by atoms with van der Waals surface area (Å²) in [5.74, 6) is 0. The van der Waals surface area contributed by atoms with Gasteiger partial charge in [0, 0.05) is 0 Å². The van der Waals surface area contributed by atoms with Gasteiger partial charge in [0.1, 0.15) is 0 Å². The zero-order valence-electron chi connectivity index (χ0n) is 12.0. The van der Waals surface area contributed by atoms with Crippen LogP contribution in [0.25, 0.3) is 0 Å². The van der Waals surface area contributed by atoms with E-state index < -0.39 is 0 Å². The third kappa shape index (κ3) is 13.9. The van der Waals surface area contributed by atoms with Gasteiger partial charge in [0.25, 0.3) is 0 Å². The first-order valence-electron chi connectivity index (χ1n) is 7.69. The number of hydroxylamine groups is 1. The molecule has 0 radical (unpaired) electrons. The Balaban J connectivity index is 2.94. The normalized spacial score (nSPS) is 12.9. The van der Waals surface area contributed by atoms with Gasteiger partial charge in [-0.2, -0.15) is 0 Å². The molecule has 0 aromatic carbocycles. The summed E-state index contributed by atoms with van der Waals surface area (Å²) in [6.45, 7) is 4.23. The summed E-state index contributed by atoms with van der Waals surface area (Å²) in [7, 11) is 0. The second-order valence-electron chi connectivity index (χ2n) is 5.34. The fourth-order valence-electron chi connectivity index (χ4n) is 2.17. The van der Waals surface area contributed by atoms with E-state index in [1.807, 2.05) is 6.92 Å². The number of nitrogens with one attached hydrogen (secondary N) is 1. The van der Waals surface area contributed by atoms with Gasteiger partial charge in [0.2, 0.25) is 0 Å². The number of rotatable bonds is 13. The molecule has 17 heavy (non-hydrogen) atoms. The minimum absolute atomic E-state index is 0.147. The van der Waals surface area contributed by atoms with Crippen molar-refractivity contribution in [2.45, 2.75) is 96.9 Å². The van der Waals surface area contributed by atoms with Gasteiger partial charge in [-0.25, -0.2) is 0 Å². The van der Waals surface area contributed by atoms with E-state index in [0.29, 0.717) is 0 Å². The van der Waals surface area contributed by atoms with Crippen LogP contribution in [0.1, 0.15) is 90.9 Å². The Labute approximate surface area is 108 Å². The highest BCUT2D eigenvalue weighted by Crippen LogP contribution is 2.12. The fraction of sp³-hybridized carbons (Fsp3) is 1.00. The van der Waals surface area contributed by atoms with Gasteiger partial charge in [0.05, 0.1) is 0 Å². The lowest BCUT2D eigenvalue weighted by molar-refractivity contribution is 0.511. The Hall–Kier alpha value is -0.0800. The quantitative estimate of drug-likeness (QED) is 0.357. The topological polar surface area (TPSA) is 35.1 Å². The predicted molar refractivity (Wildman–Crippen MR) is 77.0 cm³/mol. The van der Waals surface area contributed by atoms with Crippen molar-refractivity contribution in [3.8, 4) is 0 Å². The zero-order valence-corrected chi connectivity index (χ0v) is 12.0. The van der Waals surface area contributed by atoms with Crippen LogP contribution in [0.3, 0.4) is 0 Å². The van der Waals surface area contributed by atoms with Crippen molar-refractivity contribution in [2.24, 2.45) is 0 Å². The molecule has 0 bridgehead atoms. The molecular formula is C15H32NO-. The summed E-state index contributed by atoms with van der Waals surface area (Å²) < 4.78 is 0. The Morgan fingerprint density at radius 3 is 1.59 bits per heavy atom. The molecule has 0 aliphatic carbocycles. The SMILES string of the molecule is CCCCCCCCCCCCCC(C)N[O-]. The van der Waals surface area contributed by atoms with Gasteiger partial charge in [-0.3, -0.25) is 0 Å². The first-order chi connectivity index (χ1) is 8.31. The summed E-state index contributed by atoms with van der Waals surface area (Å²) in [5.41, 5.74) is 2.05. The van der Waals surface area contributed by atoms with Crippen molar-refractivity contribution in [3.05, 3.63) is 5.21 Å². The van der Waals surface area contributed by atoms with Crippen molar-refractivity contribution in [3.63, 3.8) is 0 Å². The lowest BCUT2D eigenvalue weighted by Gasteiger charge is -2.16. The van der Waals surface area contributed by atoms with Crippen LogP contribution in [0, 0.1) is 5.21 Å². The first kappa shape index (κ1) is 16.9. The molecule has 0 spiro atoms. The molecule has 0 aromatic heterocycles. The van der Waals surface area contributed by atoms with E-state index in [-0.39, 0.29) is 6.04 Å². The average molecular weight is 242 g/mol. The molecule has 0 aliphatic rings. The Bertz CT molecular complexity index is 139. The van der Waals surface area contributed by atoms with Gasteiger partial charge in [-0.05, 0) is 12.5 Å². The second kappa shape index (κ2) is 14.0. The largest absolute Gasteiger partial charge is 0.788 e. The molecular weight excluding hydrogens is 210 g/mol. The highest BCUT2D eigenvalue weighted by Gasteiger charge is 1.96. The maximum absolute atomic E-state index is 10.3. The smallest absolute Gasteiger partial charge is 0.00799 e. The molecule has 0 saturated carbocycles. The van der Waals surface area contributed by atoms with Crippen LogP contribution in [0.2, 0.25) is 0 Å². The Morgan fingerprint density at radius 2 is 1.18 bits per heavy atom. The highest BCUT2D eigenvalue weighted by molar-refractivity contribution is 4.59. The van der Waals surface area contributed by atoms with Gasteiger partial charge >= 0.3 is 0 Å². The maximum atomic E-state index is 10.3. The van der Waals surface area contributed by atoms with Gasteiger partial charge < -0.3 is 10.7 Å². The van der Waals surface area contributed by atoms with Crippen molar-refractivity contribution < 1.29 is 0 Å². The molecule has 1 unspecified atom stereocenters. The van der Waals surface area contributed by atoms with Gasteiger partial charge in [0.15, 0.2) is 0 Å². The molecule has 2 nitrogen and oxygen atoms in total. The predicted octanol–water partition coefficient (Wildman–Crippen LogP) is 5.16. The summed E-state index contributed by atoms with van der Waals surface area (Å²) in [4.78, 5) is 0. The molecule has 0 aromatic rings. The minimum Gasteiger partial charge on any atom is -0.788 e. The molecule has 0 amide bonds. The first-order valence-corrected chi connectivity index (χ1v) is 7.69. The lowest BCUT2D eigenvalue weighted by Crippen LogP contribution is -2.18. The van der Waals surface area contributed by atoms with E-state index in [2.05, 4.69) is 12.4 Å². The molecule has 0 aliphatic heterocycles. The van der Waals surface area contributed by atoms with Gasteiger partial charge in [-0.15, -0.1) is 0 Å². The maximum Gasteiger partial charge on any atom is -0.00799 e.